The summed E-state index contributed by atoms with van der Waals surface area (Å²) in [6.07, 6.45) is 5.60. The van der Waals surface area contributed by atoms with E-state index in [1.165, 1.54) is 11.1 Å². The lowest BCUT2D eigenvalue weighted by Gasteiger charge is -2.46. The molecule has 7 nitrogen and oxygen atoms in total. The zero-order chi connectivity index (χ0) is 35.2. The number of phenolic OH excluding ortho intramolecular Hbond substituents is 3. The van der Waals surface area contributed by atoms with Crippen molar-refractivity contribution >= 4 is 0 Å². The van der Waals surface area contributed by atoms with Gasteiger partial charge in [-0.3, -0.25) is 0 Å². The van der Waals surface area contributed by atoms with E-state index in [9.17, 15) is 15.3 Å². The molecular weight excluding hydrogens is 604 g/mol. The summed E-state index contributed by atoms with van der Waals surface area (Å²) in [5.41, 5.74) is 7.97. The number of benzene rings is 3. The van der Waals surface area contributed by atoms with Crippen LogP contribution in [0.15, 0.2) is 36.4 Å². The molecule has 0 spiro atoms. The van der Waals surface area contributed by atoms with Crippen molar-refractivity contribution in [3.8, 4) is 17.2 Å². The van der Waals surface area contributed by atoms with Crippen molar-refractivity contribution in [3.63, 3.8) is 0 Å². The molecule has 1 fully saturated rings. The van der Waals surface area contributed by atoms with Crippen LogP contribution in [0.25, 0.3) is 0 Å². The number of hydrogen-bond donors (Lipinski definition) is 3. The molecule has 0 amide bonds. The molecule has 1 saturated carbocycles. The largest absolute Gasteiger partial charge is 0.507 e. The minimum atomic E-state index is -0.398. The Morgan fingerprint density at radius 3 is 1.12 bits per heavy atom. The summed E-state index contributed by atoms with van der Waals surface area (Å²) in [5.74, 6) is 1.61. The third-order valence-electron chi connectivity index (χ3n) is 11.3. The Balaban J connectivity index is 1.80. The molecule has 4 rings (SSSR count). The fraction of sp³-hybridized carbons (Fsp3) is 0.561. The Morgan fingerprint density at radius 1 is 0.500 bits per heavy atom. The maximum atomic E-state index is 11.2. The van der Waals surface area contributed by atoms with Crippen LogP contribution in [0.1, 0.15) is 110 Å². The van der Waals surface area contributed by atoms with Crippen LogP contribution in [-0.2, 0) is 69.0 Å². The molecule has 3 aromatic rings. The Bertz CT molecular complexity index is 1460. The fourth-order valence-electron chi connectivity index (χ4n) is 8.12. The molecule has 0 heterocycles. The number of aromatic hydroxyl groups is 3. The van der Waals surface area contributed by atoms with Gasteiger partial charge in [0.25, 0.3) is 0 Å². The smallest absolute Gasteiger partial charge is 0.126 e. The fourth-order valence-corrected chi connectivity index (χ4v) is 8.12. The molecule has 3 N–H and O–H groups in total. The zero-order valence-corrected chi connectivity index (χ0v) is 30.7. The Kier molecular flexibility index (Phi) is 12.6. The van der Waals surface area contributed by atoms with Crippen LogP contribution in [0.2, 0.25) is 0 Å². The molecule has 264 valence electrons. The first-order valence-electron chi connectivity index (χ1n) is 17.4. The summed E-state index contributed by atoms with van der Waals surface area (Å²) in [6, 6.07) is 12.8. The summed E-state index contributed by atoms with van der Waals surface area (Å²) in [4.78, 5) is 0. The van der Waals surface area contributed by atoms with E-state index < -0.39 is 5.41 Å². The first-order chi connectivity index (χ1) is 22.9. The zero-order valence-electron chi connectivity index (χ0n) is 30.7. The van der Waals surface area contributed by atoms with Crippen molar-refractivity contribution in [2.75, 3.05) is 28.4 Å². The number of hydrogen-bond acceptors (Lipinski definition) is 7. The second-order valence-electron chi connectivity index (χ2n) is 14.3. The van der Waals surface area contributed by atoms with E-state index in [4.69, 9.17) is 18.9 Å². The number of aryl methyl sites for hydroxylation is 2. The predicted molar refractivity (Wildman–Crippen MR) is 191 cm³/mol. The van der Waals surface area contributed by atoms with Gasteiger partial charge in [0.15, 0.2) is 0 Å². The molecule has 0 aliphatic heterocycles. The highest BCUT2D eigenvalue weighted by Crippen LogP contribution is 2.52. The van der Waals surface area contributed by atoms with Crippen molar-refractivity contribution < 1.29 is 34.3 Å². The summed E-state index contributed by atoms with van der Waals surface area (Å²) >= 11 is 0. The van der Waals surface area contributed by atoms with Crippen molar-refractivity contribution in [3.05, 3.63) is 86.5 Å². The first-order valence-corrected chi connectivity index (χ1v) is 17.4. The average Bonchev–Trinajstić information content (AvgIpc) is 3.08. The molecule has 48 heavy (non-hydrogen) atoms. The number of methoxy groups -OCH3 is 4. The topological polar surface area (TPSA) is 97.6 Å². The third kappa shape index (κ3) is 7.40. The SMILES string of the molecule is CCc1cc(C(C)(c2cc(COC)c(O)c(COC)c2)C2CCC(C(C)(C)c3cc(COC)c(O)c(COC)c3)CC2)cc(CC)c1O. The minimum absolute atomic E-state index is 0.140. The lowest BCUT2D eigenvalue weighted by molar-refractivity contribution is 0.154. The molecule has 0 bridgehead atoms. The molecule has 1 unspecified atom stereocenters. The van der Waals surface area contributed by atoms with Gasteiger partial charge in [-0.25, -0.2) is 0 Å². The van der Waals surface area contributed by atoms with Gasteiger partial charge in [-0.2, -0.15) is 0 Å². The van der Waals surface area contributed by atoms with E-state index in [1.54, 1.807) is 28.4 Å². The van der Waals surface area contributed by atoms with Gasteiger partial charge in [0.2, 0.25) is 0 Å². The second kappa shape index (κ2) is 16.1. The third-order valence-corrected chi connectivity index (χ3v) is 11.3. The molecule has 1 aliphatic rings. The lowest BCUT2D eigenvalue weighted by Crippen LogP contribution is -2.40. The molecule has 1 atom stereocenters. The Hall–Kier alpha value is -3.10. The van der Waals surface area contributed by atoms with Crippen molar-refractivity contribution in [2.45, 2.75) is 110 Å². The summed E-state index contributed by atoms with van der Waals surface area (Å²) < 4.78 is 21.9. The Morgan fingerprint density at radius 2 is 0.792 bits per heavy atom. The number of ether oxygens (including phenoxy) is 4. The van der Waals surface area contributed by atoms with Gasteiger partial charge >= 0.3 is 0 Å². The lowest BCUT2D eigenvalue weighted by atomic mass is 9.57. The average molecular weight is 663 g/mol. The van der Waals surface area contributed by atoms with E-state index in [-0.39, 0.29) is 16.9 Å². The van der Waals surface area contributed by atoms with Crippen LogP contribution >= 0.6 is 0 Å². The van der Waals surface area contributed by atoms with Crippen molar-refractivity contribution in [1.29, 1.82) is 0 Å². The molecule has 7 heteroatoms. The van der Waals surface area contributed by atoms with Crippen LogP contribution in [0, 0.1) is 11.8 Å². The highest BCUT2D eigenvalue weighted by molar-refractivity contribution is 5.53. The van der Waals surface area contributed by atoms with Crippen LogP contribution in [0.5, 0.6) is 17.2 Å². The number of rotatable bonds is 15. The predicted octanol–water partition coefficient (Wildman–Crippen LogP) is 8.60. The van der Waals surface area contributed by atoms with Crippen LogP contribution in [0.4, 0.5) is 0 Å². The van der Waals surface area contributed by atoms with E-state index in [0.29, 0.717) is 44.0 Å². The maximum absolute atomic E-state index is 11.2. The van der Waals surface area contributed by atoms with E-state index in [1.807, 2.05) is 0 Å². The normalized spacial score (nSPS) is 18.2. The van der Waals surface area contributed by atoms with Gasteiger partial charge < -0.3 is 34.3 Å². The summed E-state index contributed by atoms with van der Waals surface area (Å²) in [6.45, 7) is 12.5. The van der Waals surface area contributed by atoms with Gasteiger partial charge in [0, 0.05) is 56.1 Å². The van der Waals surface area contributed by atoms with Gasteiger partial charge in [0.1, 0.15) is 17.2 Å². The molecule has 1 aliphatic carbocycles. The maximum Gasteiger partial charge on any atom is 0.126 e. The first kappa shape index (κ1) is 37.7. The molecular formula is C41H58O7. The standard InChI is InChI=1S/C41H58O7/c1-10-26-16-35(17-27(11-2)37(26)42)41(5,36-20-30(24-47-8)39(44)31(21-36)25-48-9)33-14-12-32(13-15-33)40(3,4)34-18-28(22-45-6)38(43)29(19-34)23-46-7/h16-21,32-33,42-44H,10-15,22-25H2,1-9H3. The number of phenols is 3. The molecule has 3 aromatic carbocycles. The van der Waals surface area contributed by atoms with Gasteiger partial charge in [-0.15, -0.1) is 0 Å². The van der Waals surface area contributed by atoms with E-state index >= 15 is 0 Å². The molecule has 0 aromatic heterocycles. The second-order valence-corrected chi connectivity index (χ2v) is 14.3. The van der Waals surface area contributed by atoms with E-state index in [2.05, 4.69) is 71.0 Å². The quantitative estimate of drug-likeness (QED) is 0.150. The van der Waals surface area contributed by atoms with Crippen LogP contribution < -0.4 is 0 Å². The minimum Gasteiger partial charge on any atom is -0.507 e. The van der Waals surface area contributed by atoms with Crippen molar-refractivity contribution in [1.82, 2.24) is 0 Å². The highest BCUT2D eigenvalue weighted by atomic mass is 16.5. The summed E-state index contributed by atoms with van der Waals surface area (Å²) in [5, 5.41) is 33.1. The highest BCUT2D eigenvalue weighted by Gasteiger charge is 2.44. The summed E-state index contributed by atoms with van der Waals surface area (Å²) in [7, 11) is 6.60. The van der Waals surface area contributed by atoms with Crippen molar-refractivity contribution in [2.24, 2.45) is 11.8 Å². The van der Waals surface area contributed by atoms with Gasteiger partial charge in [0.05, 0.1) is 26.4 Å². The molecule has 0 saturated heterocycles. The van der Waals surface area contributed by atoms with E-state index in [0.717, 1.165) is 77.5 Å². The van der Waals surface area contributed by atoms with Crippen LogP contribution in [-0.4, -0.2) is 43.8 Å². The Labute approximate surface area is 288 Å². The van der Waals surface area contributed by atoms with Crippen LogP contribution in [0.3, 0.4) is 0 Å². The monoisotopic (exact) mass is 662 g/mol. The molecule has 0 radical (unpaired) electrons. The van der Waals surface area contributed by atoms with Gasteiger partial charge in [-0.1, -0.05) is 46.8 Å². The van der Waals surface area contributed by atoms with Gasteiger partial charge in [-0.05, 0) is 108 Å².